The molecule has 0 radical (unpaired) electrons. The fourth-order valence-corrected chi connectivity index (χ4v) is 8.35. The van der Waals surface area contributed by atoms with Crippen LogP contribution >= 0.6 is 15.9 Å². The third kappa shape index (κ3) is 6.83. The molecule has 0 aliphatic carbocycles. The molecule has 2 N–H and O–H groups in total. The van der Waals surface area contributed by atoms with Crippen LogP contribution in [0.2, 0.25) is 0 Å². The maximum atomic E-state index is 11.4. The third-order valence-corrected chi connectivity index (χ3v) is 11.2. The second-order valence-electron chi connectivity index (χ2n) is 14.3. The van der Waals surface area contributed by atoms with Gasteiger partial charge in [0.1, 0.15) is 0 Å². The second-order valence-corrected chi connectivity index (χ2v) is 15.2. The molecule has 0 saturated carbocycles. The molecular formula is C52H32BrN5O2. The number of hydrogen-bond acceptors (Lipinski definition) is 4. The highest BCUT2D eigenvalue weighted by Crippen LogP contribution is 2.42. The molecule has 284 valence electrons. The van der Waals surface area contributed by atoms with Gasteiger partial charge in [-0.2, -0.15) is 0 Å². The van der Waals surface area contributed by atoms with Crippen molar-refractivity contribution in [2.45, 2.75) is 0 Å². The van der Waals surface area contributed by atoms with Crippen molar-refractivity contribution in [2.75, 3.05) is 0 Å². The monoisotopic (exact) mass is 837 g/mol. The molecule has 0 saturated heterocycles. The van der Waals surface area contributed by atoms with Crippen molar-refractivity contribution >= 4 is 65.9 Å². The van der Waals surface area contributed by atoms with Gasteiger partial charge in [-0.1, -0.05) is 133 Å². The lowest BCUT2D eigenvalue weighted by molar-refractivity contribution is -0.384. The Morgan fingerprint density at radius 1 is 0.467 bits per heavy atom. The Morgan fingerprint density at radius 2 is 0.867 bits per heavy atom. The van der Waals surface area contributed by atoms with E-state index in [0.717, 1.165) is 88.1 Å². The van der Waals surface area contributed by atoms with Gasteiger partial charge in [0.2, 0.25) is 0 Å². The van der Waals surface area contributed by atoms with Crippen LogP contribution < -0.4 is 0 Å². The molecule has 8 bridgehead atoms. The Bertz CT molecular complexity index is 3270. The van der Waals surface area contributed by atoms with Gasteiger partial charge in [-0.15, -0.1) is 0 Å². The van der Waals surface area contributed by atoms with Crippen LogP contribution in [0.3, 0.4) is 0 Å². The van der Waals surface area contributed by atoms with Crippen LogP contribution in [0.5, 0.6) is 0 Å². The molecule has 2 aliphatic rings. The van der Waals surface area contributed by atoms with Crippen LogP contribution in [0, 0.1) is 22.0 Å². The Morgan fingerprint density at radius 3 is 1.33 bits per heavy atom. The first-order valence-corrected chi connectivity index (χ1v) is 20.2. The molecule has 0 spiro atoms. The van der Waals surface area contributed by atoms with Gasteiger partial charge >= 0.3 is 0 Å². The van der Waals surface area contributed by atoms with E-state index in [-0.39, 0.29) is 5.69 Å². The fraction of sp³-hybridized carbons (Fsp3) is 0. The zero-order valence-corrected chi connectivity index (χ0v) is 33.4. The molecule has 8 aromatic rings. The third-order valence-electron chi connectivity index (χ3n) is 10.6. The van der Waals surface area contributed by atoms with E-state index in [4.69, 9.17) is 9.97 Å². The number of halogens is 1. The summed E-state index contributed by atoms with van der Waals surface area (Å²) in [6.45, 7) is 0. The summed E-state index contributed by atoms with van der Waals surface area (Å²) in [6.07, 6.45) is 4.15. The van der Waals surface area contributed by atoms with Gasteiger partial charge < -0.3 is 9.97 Å². The van der Waals surface area contributed by atoms with Gasteiger partial charge in [0.25, 0.3) is 5.69 Å². The number of fused-ring (bicyclic) bond motifs is 8. The Balaban J connectivity index is 1.39. The van der Waals surface area contributed by atoms with Gasteiger partial charge in [0.15, 0.2) is 0 Å². The molecule has 0 unspecified atom stereocenters. The predicted octanol–water partition coefficient (Wildman–Crippen LogP) is 13.4. The quantitative estimate of drug-likeness (QED) is 0.102. The summed E-state index contributed by atoms with van der Waals surface area (Å²) in [6, 6.07) is 55.8. The highest BCUT2D eigenvalue weighted by atomic mass is 79.9. The van der Waals surface area contributed by atoms with E-state index in [1.807, 2.05) is 78.9 Å². The van der Waals surface area contributed by atoms with Crippen molar-refractivity contribution < 1.29 is 4.92 Å². The van der Waals surface area contributed by atoms with Crippen LogP contribution in [0.25, 0.3) is 88.8 Å². The maximum absolute atomic E-state index is 11.4. The van der Waals surface area contributed by atoms with E-state index in [1.165, 1.54) is 12.1 Å². The average molecular weight is 839 g/mol. The molecular weight excluding hydrogens is 807 g/mol. The summed E-state index contributed by atoms with van der Waals surface area (Å²) < 4.78 is 0.874. The number of nitro groups is 1. The van der Waals surface area contributed by atoms with E-state index in [0.29, 0.717) is 16.8 Å². The number of non-ortho nitro benzene ring substituents is 1. The standard InChI is InChI=1S/C52H32BrN5O2/c53-40-32-46-48(35-15-7-2-8-16-35)42-27-29-43(54-42)49(36-17-9-3-10-18-36)51-38(24-21-33-22-25-39(26-23-33)58(59)60)31-45(56-51)47(34-13-5-1-6-14-34)41-28-30-44(55-41)50(52(40)57-46)37-19-11-4-12-20-37/h1-20,22-23,25-32,54-55H. The van der Waals surface area contributed by atoms with Crippen LogP contribution in [-0.4, -0.2) is 24.9 Å². The minimum atomic E-state index is -0.408. The number of nitrogens with one attached hydrogen (secondary N) is 2. The highest BCUT2D eigenvalue weighted by molar-refractivity contribution is 9.15. The van der Waals surface area contributed by atoms with E-state index in [9.17, 15) is 10.1 Å². The summed E-state index contributed by atoms with van der Waals surface area (Å²) >= 11 is 3.95. The molecule has 10 rings (SSSR count). The van der Waals surface area contributed by atoms with E-state index < -0.39 is 4.92 Å². The molecule has 0 atom stereocenters. The van der Waals surface area contributed by atoms with Crippen molar-refractivity contribution in [1.82, 2.24) is 19.9 Å². The predicted molar refractivity (Wildman–Crippen MR) is 247 cm³/mol. The molecule has 5 heterocycles. The number of aromatic amines is 2. The summed E-state index contributed by atoms with van der Waals surface area (Å²) in [4.78, 5) is 29.6. The van der Waals surface area contributed by atoms with Crippen LogP contribution in [0.15, 0.2) is 170 Å². The van der Waals surface area contributed by atoms with Gasteiger partial charge in [0.05, 0.1) is 33.3 Å². The van der Waals surface area contributed by atoms with Crippen molar-refractivity contribution in [3.05, 3.63) is 208 Å². The van der Waals surface area contributed by atoms with Crippen molar-refractivity contribution in [1.29, 1.82) is 0 Å². The molecule has 2 aliphatic heterocycles. The number of hydrogen-bond donors (Lipinski definition) is 2. The summed E-state index contributed by atoms with van der Waals surface area (Å²) in [5, 5.41) is 11.4. The second kappa shape index (κ2) is 15.5. The lowest BCUT2D eigenvalue weighted by atomic mass is 9.99. The average Bonchev–Trinajstić information content (AvgIpc) is 4.12. The van der Waals surface area contributed by atoms with Gasteiger partial charge in [-0.3, -0.25) is 10.1 Å². The topological polar surface area (TPSA) is 100 Å². The van der Waals surface area contributed by atoms with Crippen LogP contribution in [-0.2, 0) is 0 Å². The molecule has 60 heavy (non-hydrogen) atoms. The first-order valence-electron chi connectivity index (χ1n) is 19.4. The van der Waals surface area contributed by atoms with Gasteiger partial charge in [-0.05, 0) is 86.7 Å². The fourth-order valence-electron chi connectivity index (χ4n) is 7.85. The number of nitrogens with zero attached hydrogens (tertiary/aromatic N) is 3. The molecule has 5 aromatic carbocycles. The largest absolute Gasteiger partial charge is 0.354 e. The van der Waals surface area contributed by atoms with Crippen molar-refractivity contribution in [3.63, 3.8) is 0 Å². The van der Waals surface area contributed by atoms with Gasteiger partial charge in [0, 0.05) is 66.5 Å². The molecule has 0 fully saturated rings. The zero-order valence-electron chi connectivity index (χ0n) is 31.9. The molecule has 3 aromatic heterocycles. The number of aromatic nitrogens is 4. The van der Waals surface area contributed by atoms with E-state index in [2.05, 4.69) is 117 Å². The summed E-state index contributed by atoms with van der Waals surface area (Å²) in [5.74, 6) is 6.73. The minimum absolute atomic E-state index is 0.0110. The molecule has 0 amide bonds. The van der Waals surface area contributed by atoms with Gasteiger partial charge in [-0.25, -0.2) is 9.97 Å². The summed E-state index contributed by atoms with van der Waals surface area (Å²) in [7, 11) is 0. The number of H-pyrrole nitrogens is 2. The molecule has 8 heteroatoms. The minimum Gasteiger partial charge on any atom is -0.354 e. The SMILES string of the molecule is O=[N+]([O-])c1ccc(C#CC2=Cc3nc2c(-c2ccccc2)c2ccc([nH]2)c(-c2ccccc2)c2nc(c(-c4ccccc4)c4ccc([nH]4)c3-c3ccccc3)C(Br)=C2)cc1. The zero-order chi connectivity index (χ0) is 40.6. The van der Waals surface area contributed by atoms with Crippen molar-refractivity contribution in [2.24, 2.45) is 0 Å². The van der Waals surface area contributed by atoms with Crippen molar-refractivity contribution in [3.8, 4) is 56.3 Å². The van der Waals surface area contributed by atoms with E-state index in [1.54, 1.807) is 12.1 Å². The normalized spacial score (nSPS) is 11.9. The number of nitro benzene ring substituents is 1. The number of benzene rings is 5. The highest BCUT2D eigenvalue weighted by Gasteiger charge is 2.23. The lowest BCUT2D eigenvalue weighted by Crippen LogP contribution is -1.91. The number of rotatable bonds is 5. The Kier molecular flexibility index (Phi) is 9.41. The Labute approximate surface area is 353 Å². The van der Waals surface area contributed by atoms with Crippen LogP contribution in [0.4, 0.5) is 5.69 Å². The molecule has 7 nitrogen and oxygen atoms in total. The van der Waals surface area contributed by atoms with Crippen LogP contribution in [0.1, 0.15) is 28.3 Å². The lowest BCUT2D eigenvalue weighted by Gasteiger charge is -2.07. The smallest absolute Gasteiger partial charge is 0.269 e. The first-order chi connectivity index (χ1) is 29.5. The summed E-state index contributed by atoms with van der Waals surface area (Å²) in [5.41, 5.74) is 15.6. The maximum Gasteiger partial charge on any atom is 0.269 e. The number of allylic oxidation sites excluding steroid dienone is 1. The Hall–Kier alpha value is -7.86. The first kappa shape index (κ1) is 36.5. The van der Waals surface area contributed by atoms with E-state index >= 15 is 0 Å².